The Morgan fingerprint density at radius 2 is 2.05 bits per heavy atom. The molecule has 0 spiro atoms. The molecule has 1 fully saturated rings. The van der Waals surface area contributed by atoms with E-state index in [1.54, 1.807) is 0 Å². The molecule has 0 aromatic carbocycles. The summed E-state index contributed by atoms with van der Waals surface area (Å²) in [6.45, 7) is 6.01. The summed E-state index contributed by atoms with van der Waals surface area (Å²) in [5, 5.41) is 12.0. The van der Waals surface area contributed by atoms with Crippen LogP contribution < -0.4 is 10.2 Å². The molecule has 100 valence electrons. The van der Waals surface area contributed by atoms with Gasteiger partial charge in [0.2, 0.25) is 0 Å². The maximum absolute atomic E-state index is 5.55. The zero-order chi connectivity index (χ0) is 13.1. The molecular formula is C14H18N4O. The van der Waals surface area contributed by atoms with Crippen molar-refractivity contribution in [3.63, 3.8) is 0 Å². The Balaban J connectivity index is 1.78. The lowest BCUT2D eigenvalue weighted by Gasteiger charge is -2.20. The molecule has 0 radical (unpaired) electrons. The van der Waals surface area contributed by atoms with E-state index in [1.807, 2.05) is 31.2 Å². The zero-order valence-corrected chi connectivity index (χ0v) is 11.1. The number of aryl methyl sites for hydroxylation is 1. The number of rotatable bonds is 2. The Bertz CT molecular complexity index is 527. The summed E-state index contributed by atoms with van der Waals surface area (Å²) in [5.41, 5.74) is 0.782. The number of nitrogens with one attached hydrogen (secondary N) is 1. The van der Waals surface area contributed by atoms with Gasteiger partial charge in [0, 0.05) is 19.6 Å². The minimum atomic E-state index is 0.772. The molecule has 0 amide bonds. The van der Waals surface area contributed by atoms with Gasteiger partial charge < -0.3 is 14.6 Å². The SMILES string of the molecule is Cc1ccc(-c2ccc(N3CCCNCC3)nn2)o1. The van der Waals surface area contributed by atoms with Crippen molar-refractivity contribution < 1.29 is 4.42 Å². The molecule has 0 bridgehead atoms. The van der Waals surface area contributed by atoms with Gasteiger partial charge in [-0.25, -0.2) is 0 Å². The van der Waals surface area contributed by atoms with Crippen LogP contribution in [0.15, 0.2) is 28.7 Å². The molecule has 19 heavy (non-hydrogen) atoms. The van der Waals surface area contributed by atoms with Crippen LogP contribution in [0.25, 0.3) is 11.5 Å². The first kappa shape index (κ1) is 12.2. The predicted molar refractivity (Wildman–Crippen MR) is 74.2 cm³/mol. The van der Waals surface area contributed by atoms with Gasteiger partial charge in [-0.15, -0.1) is 10.2 Å². The summed E-state index contributed by atoms with van der Waals surface area (Å²) in [6, 6.07) is 7.85. The first-order valence-electron chi connectivity index (χ1n) is 6.69. The number of anilines is 1. The van der Waals surface area contributed by atoms with Gasteiger partial charge in [-0.05, 0) is 44.2 Å². The fourth-order valence-electron chi connectivity index (χ4n) is 2.27. The molecule has 0 saturated carbocycles. The van der Waals surface area contributed by atoms with Crippen molar-refractivity contribution in [1.82, 2.24) is 15.5 Å². The van der Waals surface area contributed by atoms with Crippen LogP contribution in [-0.2, 0) is 0 Å². The van der Waals surface area contributed by atoms with Gasteiger partial charge in [0.05, 0.1) is 0 Å². The molecule has 2 aromatic rings. The molecule has 1 aliphatic heterocycles. The quantitative estimate of drug-likeness (QED) is 0.891. The summed E-state index contributed by atoms with van der Waals surface area (Å²) < 4.78 is 5.55. The van der Waals surface area contributed by atoms with Gasteiger partial charge in [0.15, 0.2) is 11.6 Å². The molecule has 5 heteroatoms. The molecule has 5 nitrogen and oxygen atoms in total. The second-order valence-corrected chi connectivity index (χ2v) is 4.78. The summed E-state index contributed by atoms with van der Waals surface area (Å²) in [7, 11) is 0. The summed E-state index contributed by atoms with van der Waals surface area (Å²) in [6.07, 6.45) is 1.14. The van der Waals surface area contributed by atoms with E-state index in [2.05, 4.69) is 20.4 Å². The van der Waals surface area contributed by atoms with E-state index in [4.69, 9.17) is 4.42 Å². The Morgan fingerprint density at radius 1 is 1.11 bits per heavy atom. The molecule has 1 aliphatic rings. The van der Waals surface area contributed by atoms with Crippen molar-refractivity contribution in [2.75, 3.05) is 31.1 Å². The topological polar surface area (TPSA) is 54.2 Å². The minimum absolute atomic E-state index is 0.772. The normalized spacial score (nSPS) is 16.4. The number of furan rings is 1. The highest BCUT2D eigenvalue weighted by Crippen LogP contribution is 2.20. The third kappa shape index (κ3) is 2.76. The highest BCUT2D eigenvalue weighted by Gasteiger charge is 2.12. The maximum Gasteiger partial charge on any atom is 0.154 e. The molecule has 2 aromatic heterocycles. The number of hydrogen-bond donors (Lipinski definition) is 1. The van der Waals surface area contributed by atoms with Crippen LogP contribution in [0.2, 0.25) is 0 Å². The highest BCUT2D eigenvalue weighted by atomic mass is 16.3. The van der Waals surface area contributed by atoms with Crippen LogP contribution >= 0.6 is 0 Å². The molecule has 1 saturated heterocycles. The molecule has 0 aliphatic carbocycles. The number of hydrogen-bond acceptors (Lipinski definition) is 5. The van der Waals surface area contributed by atoms with Crippen molar-refractivity contribution in [2.45, 2.75) is 13.3 Å². The van der Waals surface area contributed by atoms with Crippen molar-refractivity contribution in [2.24, 2.45) is 0 Å². The lowest BCUT2D eigenvalue weighted by atomic mass is 10.3. The fourth-order valence-corrected chi connectivity index (χ4v) is 2.27. The number of nitrogens with zero attached hydrogens (tertiary/aromatic N) is 3. The molecule has 3 rings (SSSR count). The van der Waals surface area contributed by atoms with Crippen molar-refractivity contribution >= 4 is 5.82 Å². The predicted octanol–water partition coefficient (Wildman–Crippen LogP) is 1.84. The van der Waals surface area contributed by atoms with E-state index < -0.39 is 0 Å². The Morgan fingerprint density at radius 3 is 2.79 bits per heavy atom. The average Bonchev–Trinajstić information content (AvgIpc) is 2.72. The van der Waals surface area contributed by atoms with E-state index in [-0.39, 0.29) is 0 Å². The van der Waals surface area contributed by atoms with Crippen molar-refractivity contribution in [3.8, 4) is 11.5 Å². The third-order valence-electron chi connectivity index (χ3n) is 3.31. The van der Waals surface area contributed by atoms with Gasteiger partial charge in [0.1, 0.15) is 11.5 Å². The lowest BCUT2D eigenvalue weighted by Crippen LogP contribution is -2.28. The molecule has 1 N–H and O–H groups in total. The van der Waals surface area contributed by atoms with Crippen LogP contribution in [0, 0.1) is 6.92 Å². The standard InChI is InChI=1S/C14H18N4O/c1-11-3-5-13(19-11)12-4-6-14(17-16-12)18-9-2-7-15-8-10-18/h3-6,15H,2,7-10H2,1H3. The maximum atomic E-state index is 5.55. The van der Waals surface area contributed by atoms with Gasteiger partial charge in [-0.3, -0.25) is 0 Å². The van der Waals surface area contributed by atoms with Crippen LogP contribution in [0.5, 0.6) is 0 Å². The second kappa shape index (κ2) is 5.40. The molecule has 0 unspecified atom stereocenters. The van der Waals surface area contributed by atoms with Crippen molar-refractivity contribution in [3.05, 3.63) is 30.0 Å². The van der Waals surface area contributed by atoms with Gasteiger partial charge in [0.25, 0.3) is 0 Å². The fraction of sp³-hybridized carbons (Fsp3) is 0.429. The van der Waals surface area contributed by atoms with Crippen LogP contribution in [0.3, 0.4) is 0 Å². The Hall–Kier alpha value is -1.88. The highest BCUT2D eigenvalue weighted by molar-refractivity contribution is 5.53. The second-order valence-electron chi connectivity index (χ2n) is 4.78. The minimum Gasteiger partial charge on any atom is -0.460 e. The van der Waals surface area contributed by atoms with Crippen LogP contribution in [-0.4, -0.2) is 36.4 Å². The van der Waals surface area contributed by atoms with E-state index in [0.29, 0.717) is 0 Å². The molecular weight excluding hydrogens is 240 g/mol. The van der Waals surface area contributed by atoms with Gasteiger partial charge in [-0.1, -0.05) is 0 Å². The summed E-state index contributed by atoms with van der Waals surface area (Å²) in [5.74, 6) is 2.60. The van der Waals surface area contributed by atoms with E-state index >= 15 is 0 Å². The first-order valence-corrected chi connectivity index (χ1v) is 6.69. The molecule has 0 atom stereocenters. The Kier molecular flexibility index (Phi) is 3.46. The van der Waals surface area contributed by atoms with E-state index in [0.717, 1.165) is 55.6 Å². The largest absolute Gasteiger partial charge is 0.460 e. The van der Waals surface area contributed by atoms with E-state index in [9.17, 15) is 0 Å². The smallest absolute Gasteiger partial charge is 0.154 e. The van der Waals surface area contributed by atoms with Gasteiger partial charge in [-0.2, -0.15) is 0 Å². The first-order chi connectivity index (χ1) is 9.33. The number of aromatic nitrogens is 2. The van der Waals surface area contributed by atoms with E-state index in [1.165, 1.54) is 0 Å². The average molecular weight is 258 g/mol. The van der Waals surface area contributed by atoms with Crippen LogP contribution in [0.4, 0.5) is 5.82 Å². The van der Waals surface area contributed by atoms with Crippen LogP contribution in [0.1, 0.15) is 12.2 Å². The third-order valence-corrected chi connectivity index (χ3v) is 3.31. The summed E-state index contributed by atoms with van der Waals surface area (Å²) >= 11 is 0. The Labute approximate surface area is 112 Å². The van der Waals surface area contributed by atoms with Crippen molar-refractivity contribution in [1.29, 1.82) is 0 Å². The monoisotopic (exact) mass is 258 g/mol. The molecule has 3 heterocycles. The lowest BCUT2D eigenvalue weighted by molar-refractivity contribution is 0.545. The van der Waals surface area contributed by atoms with Gasteiger partial charge >= 0.3 is 0 Å². The zero-order valence-electron chi connectivity index (χ0n) is 11.1. The summed E-state index contributed by atoms with van der Waals surface area (Å²) in [4.78, 5) is 2.27.